The van der Waals surface area contributed by atoms with Crippen molar-refractivity contribution in [2.24, 2.45) is 4.99 Å². The maximum absolute atomic E-state index is 5.46. The highest BCUT2D eigenvalue weighted by molar-refractivity contribution is 5.80. The molecule has 1 atom stereocenters. The van der Waals surface area contributed by atoms with Crippen LogP contribution in [0.25, 0.3) is 0 Å². The summed E-state index contributed by atoms with van der Waals surface area (Å²) in [7, 11) is 1.86. The lowest BCUT2D eigenvalue weighted by molar-refractivity contribution is 0.0195. The molecule has 0 spiro atoms. The molecule has 3 rings (SSSR count). The van der Waals surface area contributed by atoms with Gasteiger partial charge in [-0.15, -0.1) is 10.2 Å². The van der Waals surface area contributed by atoms with E-state index in [4.69, 9.17) is 4.74 Å². The summed E-state index contributed by atoms with van der Waals surface area (Å²) >= 11 is 0. The van der Waals surface area contributed by atoms with Crippen LogP contribution in [0.3, 0.4) is 0 Å². The van der Waals surface area contributed by atoms with Gasteiger partial charge in [0.1, 0.15) is 12.2 Å². The molecule has 3 heterocycles. The Balaban J connectivity index is 1.46. The van der Waals surface area contributed by atoms with Crippen LogP contribution < -0.4 is 5.32 Å². The van der Waals surface area contributed by atoms with Crippen LogP contribution in [0.4, 0.5) is 0 Å². The molecule has 0 radical (unpaired) electrons. The lowest BCUT2D eigenvalue weighted by Gasteiger charge is -2.32. The maximum atomic E-state index is 5.46. The molecule has 0 amide bonds. The van der Waals surface area contributed by atoms with Crippen LogP contribution in [0, 0.1) is 0 Å². The lowest BCUT2D eigenvalue weighted by atomic mass is 10.2. The van der Waals surface area contributed by atoms with Gasteiger partial charge in [-0.3, -0.25) is 9.89 Å². The van der Waals surface area contributed by atoms with Crippen molar-refractivity contribution in [1.29, 1.82) is 0 Å². The number of nitrogens with zero attached hydrogens (tertiary/aromatic N) is 6. The lowest BCUT2D eigenvalue weighted by Crippen LogP contribution is -2.47. The molecule has 1 N–H and O–H groups in total. The van der Waals surface area contributed by atoms with Gasteiger partial charge in [0.2, 0.25) is 0 Å². The summed E-state index contributed by atoms with van der Waals surface area (Å²) in [6.07, 6.45) is 3.90. The van der Waals surface area contributed by atoms with Crippen LogP contribution in [-0.4, -0.2) is 89.6 Å². The van der Waals surface area contributed by atoms with E-state index in [0.717, 1.165) is 70.7 Å². The van der Waals surface area contributed by atoms with Crippen LogP contribution in [0.5, 0.6) is 0 Å². The number of hydrogen-bond donors (Lipinski definition) is 1. The molecule has 0 saturated carbocycles. The molecule has 2 aliphatic heterocycles. The molecule has 2 aliphatic rings. The third kappa shape index (κ3) is 4.05. The first-order chi connectivity index (χ1) is 11.8. The highest BCUT2D eigenvalue weighted by Gasteiger charge is 2.30. The predicted octanol–water partition coefficient (Wildman–Crippen LogP) is -0.178. The highest BCUT2D eigenvalue weighted by atomic mass is 16.5. The van der Waals surface area contributed by atoms with Crippen molar-refractivity contribution < 1.29 is 4.74 Å². The summed E-state index contributed by atoms with van der Waals surface area (Å²) in [5, 5.41) is 11.6. The topological polar surface area (TPSA) is 70.8 Å². The number of morpholine rings is 1. The average molecular weight is 335 g/mol. The SMILES string of the molecule is CCc1nncn1CCNC(=NC)N1CCC(N2CCOCC2)C1. The zero-order valence-corrected chi connectivity index (χ0v) is 14.8. The van der Waals surface area contributed by atoms with E-state index in [1.54, 1.807) is 6.33 Å². The molecule has 2 saturated heterocycles. The number of guanidine groups is 1. The minimum Gasteiger partial charge on any atom is -0.379 e. The molecule has 24 heavy (non-hydrogen) atoms. The molecule has 1 aromatic rings. The van der Waals surface area contributed by atoms with Crippen LogP contribution in [0.2, 0.25) is 0 Å². The maximum Gasteiger partial charge on any atom is 0.193 e. The zero-order valence-electron chi connectivity index (χ0n) is 14.8. The number of hydrogen-bond acceptors (Lipinski definition) is 5. The van der Waals surface area contributed by atoms with Crippen molar-refractivity contribution >= 4 is 5.96 Å². The molecule has 134 valence electrons. The molecular weight excluding hydrogens is 306 g/mol. The van der Waals surface area contributed by atoms with Crippen molar-refractivity contribution in [3.63, 3.8) is 0 Å². The molecule has 8 heteroatoms. The second kappa shape index (κ2) is 8.43. The number of rotatable bonds is 5. The van der Waals surface area contributed by atoms with Crippen LogP contribution >= 0.6 is 0 Å². The van der Waals surface area contributed by atoms with Crippen molar-refractivity contribution in [3.8, 4) is 0 Å². The quantitative estimate of drug-likeness (QED) is 0.595. The van der Waals surface area contributed by atoms with E-state index < -0.39 is 0 Å². The van der Waals surface area contributed by atoms with Gasteiger partial charge in [0.25, 0.3) is 0 Å². The molecular formula is C16H29N7O. The zero-order chi connectivity index (χ0) is 16.8. The highest BCUT2D eigenvalue weighted by Crippen LogP contribution is 2.16. The van der Waals surface area contributed by atoms with Gasteiger partial charge in [-0.2, -0.15) is 0 Å². The van der Waals surface area contributed by atoms with Gasteiger partial charge >= 0.3 is 0 Å². The van der Waals surface area contributed by atoms with E-state index in [2.05, 4.69) is 41.8 Å². The average Bonchev–Trinajstić information content (AvgIpc) is 3.29. The van der Waals surface area contributed by atoms with Crippen molar-refractivity contribution in [3.05, 3.63) is 12.2 Å². The number of aliphatic imine (C=N–C) groups is 1. The fraction of sp³-hybridized carbons (Fsp3) is 0.812. The molecule has 1 aromatic heterocycles. The summed E-state index contributed by atoms with van der Waals surface area (Å²) in [6, 6.07) is 0.622. The van der Waals surface area contributed by atoms with Gasteiger partial charge in [-0.1, -0.05) is 6.92 Å². The van der Waals surface area contributed by atoms with Gasteiger partial charge in [-0.05, 0) is 6.42 Å². The van der Waals surface area contributed by atoms with E-state index in [1.165, 1.54) is 6.42 Å². The molecule has 0 bridgehead atoms. The minimum atomic E-state index is 0.622. The number of aryl methyl sites for hydroxylation is 1. The third-order valence-electron chi connectivity index (χ3n) is 4.88. The van der Waals surface area contributed by atoms with E-state index in [9.17, 15) is 0 Å². The van der Waals surface area contributed by atoms with Gasteiger partial charge in [0.15, 0.2) is 5.96 Å². The summed E-state index contributed by atoms with van der Waals surface area (Å²) in [6.45, 7) is 9.73. The summed E-state index contributed by atoms with van der Waals surface area (Å²) in [5.41, 5.74) is 0. The minimum absolute atomic E-state index is 0.622. The Morgan fingerprint density at radius 3 is 2.96 bits per heavy atom. The molecule has 0 aromatic carbocycles. The monoisotopic (exact) mass is 335 g/mol. The fourth-order valence-electron chi connectivity index (χ4n) is 3.53. The fourth-order valence-corrected chi connectivity index (χ4v) is 3.53. The number of nitrogens with one attached hydrogen (secondary N) is 1. The second-order valence-corrected chi connectivity index (χ2v) is 6.30. The van der Waals surface area contributed by atoms with Crippen LogP contribution in [-0.2, 0) is 17.7 Å². The standard InChI is InChI=1S/C16H29N7O/c1-3-15-20-19-13-23(15)7-5-18-16(17-2)22-6-4-14(12-22)21-8-10-24-11-9-21/h13-14H,3-12H2,1-2H3,(H,17,18). The Hall–Kier alpha value is -1.67. The summed E-state index contributed by atoms with van der Waals surface area (Å²) in [4.78, 5) is 9.38. The molecule has 1 unspecified atom stereocenters. The van der Waals surface area contributed by atoms with Gasteiger partial charge < -0.3 is 19.5 Å². The van der Waals surface area contributed by atoms with Crippen molar-refractivity contribution in [2.75, 3.05) is 53.0 Å². The molecule has 2 fully saturated rings. The van der Waals surface area contributed by atoms with Gasteiger partial charge in [0, 0.05) is 58.8 Å². The first-order valence-corrected chi connectivity index (χ1v) is 8.96. The summed E-state index contributed by atoms with van der Waals surface area (Å²) < 4.78 is 7.56. The van der Waals surface area contributed by atoms with E-state index in [1.807, 2.05) is 7.05 Å². The van der Waals surface area contributed by atoms with Crippen molar-refractivity contribution in [1.82, 2.24) is 29.9 Å². The Bertz CT molecular complexity index is 538. The Morgan fingerprint density at radius 2 is 2.21 bits per heavy atom. The predicted molar refractivity (Wildman–Crippen MR) is 93.1 cm³/mol. The first-order valence-electron chi connectivity index (χ1n) is 8.96. The number of aromatic nitrogens is 3. The second-order valence-electron chi connectivity index (χ2n) is 6.30. The molecule has 0 aliphatic carbocycles. The smallest absolute Gasteiger partial charge is 0.193 e. The Labute approximate surface area is 143 Å². The van der Waals surface area contributed by atoms with E-state index in [0.29, 0.717) is 6.04 Å². The summed E-state index contributed by atoms with van der Waals surface area (Å²) in [5.74, 6) is 2.03. The number of likely N-dealkylation sites (tertiary alicyclic amines) is 1. The normalized spacial score (nSPS) is 23.0. The van der Waals surface area contributed by atoms with Crippen LogP contribution in [0.15, 0.2) is 11.3 Å². The van der Waals surface area contributed by atoms with Gasteiger partial charge in [0.05, 0.1) is 13.2 Å². The Morgan fingerprint density at radius 1 is 1.38 bits per heavy atom. The van der Waals surface area contributed by atoms with E-state index >= 15 is 0 Å². The van der Waals surface area contributed by atoms with Crippen molar-refractivity contribution in [2.45, 2.75) is 32.4 Å². The first kappa shape index (κ1) is 17.2. The van der Waals surface area contributed by atoms with Crippen LogP contribution in [0.1, 0.15) is 19.2 Å². The largest absolute Gasteiger partial charge is 0.379 e. The van der Waals surface area contributed by atoms with E-state index in [-0.39, 0.29) is 0 Å². The third-order valence-corrected chi connectivity index (χ3v) is 4.88. The number of ether oxygens (including phenoxy) is 1. The van der Waals surface area contributed by atoms with Gasteiger partial charge in [-0.25, -0.2) is 0 Å². The Kier molecular flexibility index (Phi) is 6.03. The molecule has 8 nitrogen and oxygen atoms in total.